The minimum absolute atomic E-state index is 0.220. The van der Waals surface area contributed by atoms with Crippen LogP contribution in [0.15, 0.2) is 78.5 Å². The lowest BCUT2D eigenvalue weighted by Gasteiger charge is -2.12. The van der Waals surface area contributed by atoms with Gasteiger partial charge in [0.1, 0.15) is 12.3 Å². The molecule has 0 saturated carbocycles. The van der Waals surface area contributed by atoms with Gasteiger partial charge < -0.3 is 14.8 Å². The van der Waals surface area contributed by atoms with Gasteiger partial charge in [-0.1, -0.05) is 66.2 Å². The van der Waals surface area contributed by atoms with Crippen molar-refractivity contribution in [3.63, 3.8) is 0 Å². The Labute approximate surface area is 187 Å². The Kier molecular flexibility index (Phi) is 6.22. The number of imide groups is 1. The summed E-state index contributed by atoms with van der Waals surface area (Å²) in [6.07, 6.45) is 1.64. The van der Waals surface area contributed by atoms with Crippen LogP contribution in [0.4, 0.5) is 4.79 Å². The Morgan fingerprint density at radius 1 is 0.906 bits per heavy atom. The van der Waals surface area contributed by atoms with Crippen LogP contribution in [-0.2, 0) is 17.9 Å². The van der Waals surface area contributed by atoms with Gasteiger partial charge in [-0.15, -0.1) is 0 Å². The van der Waals surface area contributed by atoms with E-state index in [0.29, 0.717) is 18.1 Å². The van der Waals surface area contributed by atoms with Crippen molar-refractivity contribution in [3.05, 3.63) is 101 Å². The molecular weight excluding hydrogens is 404 g/mol. The van der Waals surface area contributed by atoms with Gasteiger partial charge in [0.15, 0.2) is 11.5 Å². The van der Waals surface area contributed by atoms with Gasteiger partial charge >= 0.3 is 6.03 Å². The molecule has 0 atom stereocenters. The second-order valence-corrected chi connectivity index (χ2v) is 7.55. The normalized spacial score (nSPS) is 14.6. The minimum atomic E-state index is -0.435. The molecule has 0 spiro atoms. The van der Waals surface area contributed by atoms with Crippen molar-refractivity contribution in [2.24, 2.45) is 0 Å². The molecule has 6 heteroatoms. The van der Waals surface area contributed by atoms with Gasteiger partial charge in [-0.3, -0.25) is 9.69 Å². The smallest absolute Gasteiger partial charge is 0.329 e. The van der Waals surface area contributed by atoms with Gasteiger partial charge in [0.2, 0.25) is 0 Å². The number of rotatable bonds is 7. The van der Waals surface area contributed by atoms with E-state index in [1.54, 1.807) is 25.3 Å². The number of methoxy groups -OCH3 is 1. The number of carbonyl (C=O) groups excluding carboxylic acids is 2. The molecule has 1 N–H and O–H groups in total. The van der Waals surface area contributed by atoms with Gasteiger partial charge in [0, 0.05) is 0 Å². The van der Waals surface area contributed by atoms with Crippen LogP contribution in [0.3, 0.4) is 0 Å². The second kappa shape index (κ2) is 9.39. The first-order valence-corrected chi connectivity index (χ1v) is 10.3. The van der Waals surface area contributed by atoms with Crippen molar-refractivity contribution in [2.45, 2.75) is 20.1 Å². The summed E-state index contributed by atoms with van der Waals surface area (Å²) in [5, 5.41) is 2.65. The number of benzene rings is 3. The monoisotopic (exact) mass is 428 g/mol. The summed E-state index contributed by atoms with van der Waals surface area (Å²) in [7, 11) is 1.57. The second-order valence-electron chi connectivity index (χ2n) is 7.55. The molecule has 162 valence electrons. The van der Waals surface area contributed by atoms with Crippen LogP contribution in [0, 0.1) is 6.92 Å². The molecule has 1 fully saturated rings. The Hall–Kier alpha value is -4.06. The first kappa shape index (κ1) is 21.2. The number of ether oxygens (including phenoxy) is 2. The standard InChI is InChI=1S/C26H24N2O4/c1-18-7-6-10-21(13-18)17-32-23-12-11-20(15-24(23)31-2)14-22-25(29)28(26(30)27-22)16-19-8-4-3-5-9-19/h3-15H,16-17H2,1-2H3,(H,27,30)/b22-14-. The highest BCUT2D eigenvalue weighted by atomic mass is 16.5. The molecule has 3 aromatic rings. The van der Waals surface area contributed by atoms with E-state index in [1.807, 2.05) is 61.5 Å². The maximum Gasteiger partial charge on any atom is 0.329 e. The molecule has 0 aliphatic carbocycles. The first-order valence-electron chi connectivity index (χ1n) is 10.3. The van der Waals surface area contributed by atoms with E-state index in [1.165, 1.54) is 10.5 Å². The minimum Gasteiger partial charge on any atom is -0.493 e. The summed E-state index contributed by atoms with van der Waals surface area (Å²) in [4.78, 5) is 26.3. The lowest BCUT2D eigenvalue weighted by Crippen LogP contribution is -2.30. The summed E-state index contributed by atoms with van der Waals surface area (Å²) < 4.78 is 11.4. The summed E-state index contributed by atoms with van der Waals surface area (Å²) in [5.41, 5.74) is 4.06. The zero-order valence-corrected chi connectivity index (χ0v) is 18.0. The Morgan fingerprint density at radius 3 is 2.44 bits per heavy atom. The SMILES string of the molecule is COc1cc(/C=C2\NC(=O)N(Cc3ccccc3)C2=O)ccc1OCc1cccc(C)c1. The predicted molar refractivity (Wildman–Crippen MR) is 122 cm³/mol. The van der Waals surface area contributed by atoms with Crippen LogP contribution in [0.2, 0.25) is 0 Å². The Balaban J connectivity index is 1.48. The Bertz CT molecular complexity index is 1170. The molecule has 6 nitrogen and oxygen atoms in total. The average molecular weight is 428 g/mol. The van der Waals surface area contributed by atoms with Crippen molar-refractivity contribution in [1.82, 2.24) is 10.2 Å². The molecule has 1 heterocycles. The zero-order valence-electron chi connectivity index (χ0n) is 18.0. The number of hydrogen-bond acceptors (Lipinski definition) is 4. The molecule has 0 bridgehead atoms. The molecule has 3 aromatic carbocycles. The van der Waals surface area contributed by atoms with Gasteiger partial charge in [0.25, 0.3) is 5.91 Å². The molecule has 0 radical (unpaired) electrons. The number of nitrogens with zero attached hydrogens (tertiary/aromatic N) is 1. The highest BCUT2D eigenvalue weighted by molar-refractivity contribution is 6.13. The molecule has 0 aromatic heterocycles. The van der Waals surface area contributed by atoms with Crippen molar-refractivity contribution >= 4 is 18.0 Å². The topological polar surface area (TPSA) is 67.9 Å². The third-order valence-corrected chi connectivity index (χ3v) is 5.12. The average Bonchev–Trinajstić information content (AvgIpc) is 3.06. The van der Waals surface area contributed by atoms with Crippen molar-refractivity contribution < 1.29 is 19.1 Å². The van der Waals surface area contributed by atoms with Crippen LogP contribution < -0.4 is 14.8 Å². The lowest BCUT2D eigenvalue weighted by atomic mass is 10.1. The third kappa shape index (κ3) is 4.81. The summed E-state index contributed by atoms with van der Waals surface area (Å²) in [6, 6.07) is 22.5. The van der Waals surface area contributed by atoms with E-state index in [-0.39, 0.29) is 18.1 Å². The van der Waals surface area contributed by atoms with E-state index >= 15 is 0 Å². The number of carbonyl (C=O) groups is 2. The van der Waals surface area contributed by atoms with Crippen LogP contribution in [0.1, 0.15) is 22.3 Å². The largest absolute Gasteiger partial charge is 0.493 e. The van der Waals surface area contributed by atoms with Gasteiger partial charge in [0.05, 0.1) is 13.7 Å². The van der Waals surface area contributed by atoms with E-state index in [2.05, 4.69) is 11.4 Å². The van der Waals surface area contributed by atoms with Gasteiger partial charge in [-0.25, -0.2) is 4.79 Å². The number of hydrogen-bond donors (Lipinski definition) is 1. The lowest BCUT2D eigenvalue weighted by molar-refractivity contribution is -0.123. The van der Waals surface area contributed by atoms with E-state index in [0.717, 1.165) is 16.7 Å². The van der Waals surface area contributed by atoms with Crippen molar-refractivity contribution in [3.8, 4) is 11.5 Å². The molecule has 3 amide bonds. The summed E-state index contributed by atoms with van der Waals surface area (Å²) >= 11 is 0. The summed E-state index contributed by atoms with van der Waals surface area (Å²) in [5.74, 6) is 0.783. The van der Waals surface area contributed by atoms with E-state index in [9.17, 15) is 9.59 Å². The highest BCUT2D eigenvalue weighted by Gasteiger charge is 2.33. The number of urea groups is 1. The van der Waals surface area contributed by atoms with Crippen LogP contribution in [0.25, 0.3) is 6.08 Å². The molecule has 1 aliphatic rings. The van der Waals surface area contributed by atoms with Gasteiger partial charge in [-0.2, -0.15) is 0 Å². The van der Waals surface area contributed by atoms with E-state index in [4.69, 9.17) is 9.47 Å². The fourth-order valence-corrected chi connectivity index (χ4v) is 3.50. The zero-order chi connectivity index (χ0) is 22.5. The Morgan fingerprint density at radius 2 is 1.69 bits per heavy atom. The van der Waals surface area contributed by atoms with Gasteiger partial charge in [-0.05, 0) is 41.8 Å². The fourth-order valence-electron chi connectivity index (χ4n) is 3.50. The van der Waals surface area contributed by atoms with Crippen LogP contribution in [-0.4, -0.2) is 23.9 Å². The first-order chi connectivity index (χ1) is 15.5. The quantitative estimate of drug-likeness (QED) is 0.438. The van der Waals surface area contributed by atoms with Crippen molar-refractivity contribution in [1.29, 1.82) is 0 Å². The maximum atomic E-state index is 12.8. The maximum absolute atomic E-state index is 12.8. The highest BCUT2D eigenvalue weighted by Crippen LogP contribution is 2.30. The van der Waals surface area contributed by atoms with E-state index < -0.39 is 6.03 Å². The van der Waals surface area contributed by atoms with Crippen LogP contribution >= 0.6 is 0 Å². The third-order valence-electron chi connectivity index (χ3n) is 5.12. The number of amides is 3. The molecular formula is C26H24N2O4. The van der Waals surface area contributed by atoms with Crippen LogP contribution in [0.5, 0.6) is 11.5 Å². The molecule has 32 heavy (non-hydrogen) atoms. The molecule has 0 unspecified atom stereocenters. The summed E-state index contributed by atoms with van der Waals surface area (Å²) in [6.45, 7) is 2.68. The van der Waals surface area contributed by atoms with Crippen molar-refractivity contribution in [2.75, 3.05) is 7.11 Å². The number of nitrogens with one attached hydrogen (secondary N) is 1. The molecule has 1 saturated heterocycles. The molecule has 4 rings (SSSR count). The number of aryl methyl sites for hydroxylation is 1. The fraction of sp³-hybridized carbons (Fsp3) is 0.154. The predicted octanol–water partition coefficient (Wildman–Crippen LogP) is 4.68. The molecule has 1 aliphatic heterocycles.